The Kier molecular flexibility index (Phi) is 3.52. The molecule has 1 saturated carbocycles. The molecule has 5 rings (SSSR count). The predicted octanol–water partition coefficient (Wildman–Crippen LogP) is 1.99. The highest BCUT2D eigenvalue weighted by molar-refractivity contribution is 5.82. The Bertz CT molecular complexity index is 962. The van der Waals surface area contributed by atoms with Gasteiger partial charge in [-0.25, -0.2) is 9.48 Å². The zero-order valence-electron chi connectivity index (χ0n) is 14.3. The van der Waals surface area contributed by atoms with Crippen molar-refractivity contribution >= 4 is 10.9 Å². The molecule has 0 spiro atoms. The zero-order valence-corrected chi connectivity index (χ0v) is 14.3. The van der Waals surface area contributed by atoms with Crippen molar-refractivity contribution in [1.82, 2.24) is 24.2 Å². The molecule has 1 aliphatic carbocycles. The number of hydrogen-bond acceptors (Lipinski definition) is 3. The van der Waals surface area contributed by atoms with E-state index in [9.17, 15) is 4.79 Å². The van der Waals surface area contributed by atoms with Crippen LogP contribution < -0.4 is 5.69 Å². The second kappa shape index (κ2) is 5.88. The van der Waals surface area contributed by atoms with E-state index in [4.69, 9.17) is 0 Å². The van der Waals surface area contributed by atoms with Crippen molar-refractivity contribution in [2.45, 2.75) is 38.9 Å². The summed E-state index contributed by atoms with van der Waals surface area (Å²) in [6.07, 6.45) is 5.32. The van der Waals surface area contributed by atoms with Crippen LogP contribution in [0.5, 0.6) is 0 Å². The summed E-state index contributed by atoms with van der Waals surface area (Å²) in [6.45, 7) is 4.29. The first kappa shape index (κ1) is 15.0. The molecule has 0 saturated heterocycles. The van der Waals surface area contributed by atoms with E-state index in [1.165, 1.54) is 29.3 Å². The quantitative estimate of drug-likeness (QED) is 0.792. The maximum absolute atomic E-state index is 12.6. The van der Waals surface area contributed by atoms with E-state index in [-0.39, 0.29) is 5.69 Å². The van der Waals surface area contributed by atoms with Gasteiger partial charge in [0.2, 0.25) is 0 Å². The van der Waals surface area contributed by atoms with Crippen LogP contribution in [0.2, 0.25) is 0 Å². The van der Waals surface area contributed by atoms with Crippen LogP contribution in [0.4, 0.5) is 0 Å². The van der Waals surface area contributed by atoms with E-state index in [2.05, 4.69) is 39.2 Å². The van der Waals surface area contributed by atoms with E-state index >= 15 is 0 Å². The van der Waals surface area contributed by atoms with Gasteiger partial charge in [0.25, 0.3) is 0 Å². The van der Waals surface area contributed by atoms with Gasteiger partial charge < -0.3 is 4.98 Å². The smallest absolute Gasteiger partial charge is 0.345 e. The average Bonchev–Trinajstić information content (AvgIpc) is 3.26. The molecule has 6 nitrogen and oxygen atoms in total. The number of aromatic nitrogens is 4. The van der Waals surface area contributed by atoms with Crippen LogP contribution in [0, 0.1) is 5.92 Å². The maximum Gasteiger partial charge on any atom is 0.345 e. The molecule has 2 aliphatic rings. The van der Waals surface area contributed by atoms with Gasteiger partial charge in [-0.05, 0) is 36.5 Å². The Balaban J connectivity index is 1.33. The number of nitrogens with zero attached hydrogens (tertiary/aromatic N) is 4. The van der Waals surface area contributed by atoms with Gasteiger partial charge in [-0.2, -0.15) is 5.10 Å². The Morgan fingerprint density at radius 3 is 2.96 bits per heavy atom. The maximum atomic E-state index is 12.6. The standard InChI is InChI=1S/C19H23N5O/c25-19-23-11-10-22(9-7-18(23)21-24(19)12-14-4-5-14)13-15-2-1-3-17-16(15)6-8-20-17/h1-3,6,8,14,20H,4-5,7,9-13H2. The SMILES string of the molecule is O=c1n(CC2CC2)nc2n1CCN(Cc1cccc3[nH]ccc13)CC2. The molecule has 0 amide bonds. The number of benzene rings is 1. The Morgan fingerprint density at radius 2 is 2.08 bits per heavy atom. The Hall–Kier alpha value is -2.34. The van der Waals surface area contributed by atoms with Crippen LogP contribution in [0.25, 0.3) is 10.9 Å². The normalized spacial score (nSPS) is 18.4. The molecule has 0 atom stereocenters. The van der Waals surface area contributed by atoms with Crippen molar-refractivity contribution in [1.29, 1.82) is 0 Å². The fraction of sp³-hybridized carbons (Fsp3) is 0.474. The predicted molar refractivity (Wildman–Crippen MR) is 96.5 cm³/mol. The molecular formula is C19H23N5O. The third-order valence-corrected chi connectivity index (χ3v) is 5.50. The second-order valence-corrected chi connectivity index (χ2v) is 7.36. The van der Waals surface area contributed by atoms with Gasteiger partial charge in [-0.1, -0.05) is 12.1 Å². The molecule has 3 aromatic rings. The van der Waals surface area contributed by atoms with Crippen LogP contribution in [0.1, 0.15) is 24.2 Å². The van der Waals surface area contributed by atoms with E-state index in [0.29, 0.717) is 5.92 Å². The highest BCUT2D eigenvalue weighted by Gasteiger charge is 2.26. The summed E-state index contributed by atoms with van der Waals surface area (Å²) in [4.78, 5) is 18.3. The molecule has 1 aliphatic heterocycles. The first-order chi connectivity index (χ1) is 12.3. The fourth-order valence-corrected chi connectivity index (χ4v) is 3.86. The zero-order chi connectivity index (χ0) is 16.8. The van der Waals surface area contributed by atoms with Crippen LogP contribution >= 0.6 is 0 Å². The van der Waals surface area contributed by atoms with E-state index < -0.39 is 0 Å². The fourth-order valence-electron chi connectivity index (χ4n) is 3.86. The average molecular weight is 337 g/mol. The first-order valence-corrected chi connectivity index (χ1v) is 9.22. The lowest BCUT2D eigenvalue weighted by atomic mass is 10.1. The molecule has 1 fully saturated rings. The van der Waals surface area contributed by atoms with E-state index in [1.54, 1.807) is 4.68 Å². The number of hydrogen-bond donors (Lipinski definition) is 1. The van der Waals surface area contributed by atoms with Gasteiger partial charge in [-0.15, -0.1) is 0 Å². The van der Waals surface area contributed by atoms with E-state index in [0.717, 1.165) is 45.0 Å². The number of nitrogens with one attached hydrogen (secondary N) is 1. The topological polar surface area (TPSA) is 58.9 Å². The third-order valence-electron chi connectivity index (χ3n) is 5.50. The number of aromatic amines is 1. The molecular weight excluding hydrogens is 314 g/mol. The minimum Gasteiger partial charge on any atom is -0.361 e. The van der Waals surface area contributed by atoms with Crippen molar-refractivity contribution in [3.8, 4) is 0 Å². The van der Waals surface area contributed by atoms with Gasteiger partial charge in [0.15, 0.2) is 0 Å². The molecule has 0 bridgehead atoms. The van der Waals surface area contributed by atoms with Gasteiger partial charge in [0.05, 0.1) is 0 Å². The highest BCUT2D eigenvalue weighted by atomic mass is 16.2. The monoisotopic (exact) mass is 337 g/mol. The molecule has 130 valence electrons. The molecule has 1 N–H and O–H groups in total. The van der Waals surface area contributed by atoms with Gasteiger partial charge in [-0.3, -0.25) is 9.47 Å². The summed E-state index contributed by atoms with van der Waals surface area (Å²) < 4.78 is 3.59. The largest absolute Gasteiger partial charge is 0.361 e. The van der Waals surface area contributed by atoms with Crippen molar-refractivity contribution in [3.05, 3.63) is 52.3 Å². The molecule has 2 aromatic heterocycles. The number of fused-ring (bicyclic) bond motifs is 2. The summed E-state index contributed by atoms with van der Waals surface area (Å²) in [7, 11) is 0. The molecule has 0 radical (unpaired) electrons. The van der Waals surface area contributed by atoms with Crippen LogP contribution in [-0.2, 0) is 26.1 Å². The minimum absolute atomic E-state index is 0.0801. The van der Waals surface area contributed by atoms with Crippen molar-refractivity contribution < 1.29 is 0 Å². The first-order valence-electron chi connectivity index (χ1n) is 9.22. The summed E-state index contributed by atoms with van der Waals surface area (Å²) in [5, 5.41) is 5.90. The Labute approximate surface area is 146 Å². The lowest BCUT2D eigenvalue weighted by Crippen LogP contribution is -2.30. The number of rotatable bonds is 4. The van der Waals surface area contributed by atoms with Crippen molar-refractivity contribution in [2.75, 3.05) is 13.1 Å². The Morgan fingerprint density at radius 1 is 1.16 bits per heavy atom. The molecule has 1 aromatic carbocycles. The summed E-state index contributed by atoms with van der Waals surface area (Å²) >= 11 is 0. The lowest BCUT2D eigenvalue weighted by molar-refractivity contribution is 0.270. The molecule has 25 heavy (non-hydrogen) atoms. The van der Waals surface area contributed by atoms with Gasteiger partial charge in [0.1, 0.15) is 5.82 Å². The van der Waals surface area contributed by atoms with Gasteiger partial charge >= 0.3 is 5.69 Å². The van der Waals surface area contributed by atoms with Crippen molar-refractivity contribution in [3.63, 3.8) is 0 Å². The van der Waals surface area contributed by atoms with E-state index in [1.807, 2.05) is 10.8 Å². The van der Waals surface area contributed by atoms with Crippen LogP contribution in [0.15, 0.2) is 35.3 Å². The number of H-pyrrole nitrogens is 1. The lowest BCUT2D eigenvalue weighted by Gasteiger charge is -2.20. The highest BCUT2D eigenvalue weighted by Crippen LogP contribution is 2.29. The summed E-state index contributed by atoms with van der Waals surface area (Å²) in [5.41, 5.74) is 2.60. The van der Waals surface area contributed by atoms with Crippen molar-refractivity contribution in [2.24, 2.45) is 5.92 Å². The second-order valence-electron chi connectivity index (χ2n) is 7.36. The summed E-state index contributed by atoms with van der Waals surface area (Å²) in [5.74, 6) is 1.63. The summed E-state index contributed by atoms with van der Waals surface area (Å²) in [6, 6.07) is 8.55. The van der Waals surface area contributed by atoms with Crippen LogP contribution in [-0.4, -0.2) is 37.3 Å². The molecule has 3 heterocycles. The molecule has 0 unspecified atom stereocenters. The molecule has 6 heteroatoms. The third kappa shape index (κ3) is 2.80. The minimum atomic E-state index is 0.0801. The van der Waals surface area contributed by atoms with Gasteiger partial charge in [0, 0.05) is 56.2 Å². The van der Waals surface area contributed by atoms with Crippen LogP contribution in [0.3, 0.4) is 0 Å².